The van der Waals surface area contributed by atoms with Crippen LogP contribution in [0.5, 0.6) is 0 Å². The van der Waals surface area contributed by atoms with E-state index in [2.05, 4.69) is 31.0 Å². The fourth-order valence-electron chi connectivity index (χ4n) is 2.35. The van der Waals surface area contributed by atoms with Gasteiger partial charge >= 0.3 is 0 Å². The minimum absolute atomic E-state index is 0.0944. The van der Waals surface area contributed by atoms with Crippen molar-refractivity contribution in [2.45, 2.75) is 58.3 Å². The lowest BCUT2D eigenvalue weighted by Gasteiger charge is -2.08. The maximum atomic E-state index is 13.7. The molecule has 0 atom stereocenters. The van der Waals surface area contributed by atoms with Crippen molar-refractivity contribution >= 4 is 0 Å². The van der Waals surface area contributed by atoms with Crippen molar-refractivity contribution in [3.63, 3.8) is 0 Å². The summed E-state index contributed by atoms with van der Waals surface area (Å²) in [6.07, 6.45) is 10.5. The first-order valence-electron chi connectivity index (χ1n) is 8.52. The summed E-state index contributed by atoms with van der Waals surface area (Å²) in [5.74, 6) is -0.0944. The summed E-state index contributed by atoms with van der Waals surface area (Å²) < 4.78 is 13.7. The second-order valence-electron chi connectivity index (χ2n) is 5.80. The number of aryl methyl sites for hydroxylation is 1. The van der Waals surface area contributed by atoms with Gasteiger partial charge in [-0.15, -0.1) is 0 Å². The molecule has 1 aromatic carbocycles. The third kappa shape index (κ3) is 9.38. The topological polar surface area (TPSA) is 12.0 Å². The van der Waals surface area contributed by atoms with E-state index in [1.807, 2.05) is 18.2 Å². The van der Waals surface area contributed by atoms with Crippen LogP contribution in [0.15, 0.2) is 54.5 Å². The minimum atomic E-state index is -0.0944. The fraction of sp³-hybridized carbons (Fsp3) is 0.500. The van der Waals surface area contributed by atoms with Crippen LogP contribution in [0, 0.1) is 0 Å². The summed E-state index contributed by atoms with van der Waals surface area (Å²) in [4.78, 5) is 0. The lowest BCUT2D eigenvalue weighted by molar-refractivity contribution is 0.572. The monoisotopic (exact) mass is 303 g/mol. The molecule has 0 aromatic heterocycles. The molecular formula is C20H30FN. The highest BCUT2D eigenvalue weighted by atomic mass is 19.1. The van der Waals surface area contributed by atoms with E-state index in [0.29, 0.717) is 0 Å². The van der Waals surface area contributed by atoms with E-state index >= 15 is 0 Å². The third-order valence-electron chi connectivity index (χ3n) is 3.73. The summed E-state index contributed by atoms with van der Waals surface area (Å²) in [6, 6.07) is 10.2. The number of rotatable bonds is 12. The number of allylic oxidation sites excluding steroid dienone is 2. The van der Waals surface area contributed by atoms with Gasteiger partial charge in [0.05, 0.1) is 6.54 Å². The van der Waals surface area contributed by atoms with Crippen LogP contribution in [0.2, 0.25) is 0 Å². The van der Waals surface area contributed by atoms with Crippen LogP contribution >= 0.6 is 0 Å². The molecule has 1 nitrogen and oxygen atoms in total. The Hall–Kier alpha value is -1.57. The molecule has 0 bridgehead atoms. The molecular weight excluding hydrogens is 273 g/mol. The molecule has 0 spiro atoms. The van der Waals surface area contributed by atoms with Crippen LogP contribution in [-0.2, 0) is 6.42 Å². The molecule has 0 unspecified atom stereocenters. The number of nitrogens with one attached hydrogen (secondary N) is 1. The minimum Gasteiger partial charge on any atom is -0.382 e. The first-order chi connectivity index (χ1) is 10.7. The molecule has 0 amide bonds. The highest BCUT2D eigenvalue weighted by molar-refractivity contribution is 5.15. The molecule has 0 aliphatic carbocycles. The zero-order valence-electron chi connectivity index (χ0n) is 13.9. The molecule has 122 valence electrons. The Morgan fingerprint density at radius 2 is 1.86 bits per heavy atom. The van der Waals surface area contributed by atoms with E-state index in [1.165, 1.54) is 31.2 Å². The van der Waals surface area contributed by atoms with Gasteiger partial charge in [-0.05, 0) is 31.2 Å². The van der Waals surface area contributed by atoms with Gasteiger partial charge in [0, 0.05) is 5.70 Å². The number of halogens is 1. The molecule has 0 heterocycles. The van der Waals surface area contributed by atoms with Gasteiger partial charge in [0.15, 0.2) is 0 Å². The van der Waals surface area contributed by atoms with Gasteiger partial charge in [-0.25, -0.2) is 4.39 Å². The number of hydrogen-bond acceptors (Lipinski definition) is 1. The van der Waals surface area contributed by atoms with Crippen LogP contribution in [0.3, 0.4) is 0 Å². The van der Waals surface area contributed by atoms with E-state index in [4.69, 9.17) is 0 Å². The highest BCUT2D eigenvalue weighted by Gasteiger charge is 1.98. The summed E-state index contributed by atoms with van der Waals surface area (Å²) in [7, 11) is 0. The van der Waals surface area contributed by atoms with Crippen molar-refractivity contribution in [1.82, 2.24) is 5.32 Å². The molecule has 0 fully saturated rings. The molecule has 0 saturated carbocycles. The van der Waals surface area contributed by atoms with Crippen LogP contribution in [0.25, 0.3) is 0 Å². The molecule has 1 N–H and O–H groups in total. The maximum Gasteiger partial charge on any atom is 0.115 e. The molecule has 1 aromatic rings. The molecule has 0 aliphatic heterocycles. The molecule has 2 heteroatoms. The Morgan fingerprint density at radius 3 is 2.59 bits per heavy atom. The first-order valence-corrected chi connectivity index (χ1v) is 8.52. The van der Waals surface area contributed by atoms with Crippen molar-refractivity contribution in [2.24, 2.45) is 0 Å². The Bertz CT molecular complexity index is 436. The molecule has 0 aliphatic rings. The third-order valence-corrected chi connectivity index (χ3v) is 3.73. The predicted molar refractivity (Wildman–Crippen MR) is 94.5 cm³/mol. The zero-order valence-corrected chi connectivity index (χ0v) is 13.9. The van der Waals surface area contributed by atoms with Crippen molar-refractivity contribution in [1.29, 1.82) is 0 Å². The average molecular weight is 303 g/mol. The van der Waals surface area contributed by atoms with Crippen molar-refractivity contribution in [2.75, 3.05) is 6.54 Å². The van der Waals surface area contributed by atoms with Gasteiger partial charge < -0.3 is 5.32 Å². The lowest BCUT2D eigenvalue weighted by atomic mass is 10.1. The number of hydrogen-bond donors (Lipinski definition) is 1. The van der Waals surface area contributed by atoms with E-state index in [0.717, 1.165) is 31.4 Å². The summed E-state index contributed by atoms with van der Waals surface area (Å²) in [5.41, 5.74) is 2.19. The average Bonchev–Trinajstić information content (AvgIpc) is 2.54. The first kappa shape index (κ1) is 18.5. The molecule has 22 heavy (non-hydrogen) atoms. The Balaban J connectivity index is 2.09. The normalized spacial score (nSPS) is 11.5. The number of unbranched alkanes of at least 4 members (excludes halogenated alkanes) is 4. The summed E-state index contributed by atoms with van der Waals surface area (Å²) in [6.45, 7) is 6.45. The smallest absolute Gasteiger partial charge is 0.115 e. The fourth-order valence-corrected chi connectivity index (χ4v) is 2.35. The van der Waals surface area contributed by atoms with Gasteiger partial charge in [-0.1, -0.05) is 75.6 Å². The van der Waals surface area contributed by atoms with E-state index in [-0.39, 0.29) is 12.4 Å². The summed E-state index contributed by atoms with van der Waals surface area (Å²) >= 11 is 0. The Kier molecular flexibility index (Phi) is 10.1. The van der Waals surface area contributed by atoms with Crippen molar-refractivity contribution < 1.29 is 4.39 Å². The molecule has 1 rings (SSSR count). The van der Waals surface area contributed by atoms with Gasteiger partial charge in [0.25, 0.3) is 0 Å². The van der Waals surface area contributed by atoms with Gasteiger partial charge in [-0.2, -0.15) is 0 Å². The quantitative estimate of drug-likeness (QED) is 0.471. The van der Waals surface area contributed by atoms with Crippen LogP contribution in [0.1, 0.15) is 57.4 Å². The SMILES string of the molecule is C=C(CCCCCCC)NC/C(F)=C/CCc1ccccc1. The number of benzene rings is 1. The second kappa shape index (κ2) is 12.0. The van der Waals surface area contributed by atoms with E-state index < -0.39 is 0 Å². The Labute approximate surface area is 135 Å². The Morgan fingerprint density at radius 1 is 1.14 bits per heavy atom. The molecule has 0 saturated heterocycles. The van der Waals surface area contributed by atoms with Gasteiger partial charge in [0.1, 0.15) is 5.83 Å². The van der Waals surface area contributed by atoms with Gasteiger partial charge in [0.2, 0.25) is 0 Å². The van der Waals surface area contributed by atoms with Gasteiger partial charge in [-0.3, -0.25) is 0 Å². The predicted octanol–water partition coefficient (Wildman–Crippen LogP) is 5.94. The highest BCUT2D eigenvalue weighted by Crippen LogP contribution is 2.09. The van der Waals surface area contributed by atoms with Crippen molar-refractivity contribution in [3.8, 4) is 0 Å². The van der Waals surface area contributed by atoms with Crippen LogP contribution in [-0.4, -0.2) is 6.54 Å². The van der Waals surface area contributed by atoms with E-state index in [9.17, 15) is 4.39 Å². The van der Waals surface area contributed by atoms with Crippen LogP contribution in [0.4, 0.5) is 4.39 Å². The summed E-state index contributed by atoms with van der Waals surface area (Å²) in [5, 5.41) is 3.08. The standard InChI is InChI=1S/C20H30FN/c1-3-4-5-6-8-12-18(2)22-17-20(21)16-11-15-19-13-9-7-10-14-19/h7,9-10,13-14,16,22H,2-6,8,11-12,15,17H2,1H3/b20-16-. The zero-order chi connectivity index (χ0) is 16.0. The maximum absolute atomic E-state index is 13.7. The van der Waals surface area contributed by atoms with E-state index in [1.54, 1.807) is 6.08 Å². The molecule has 0 radical (unpaired) electrons. The lowest BCUT2D eigenvalue weighted by Crippen LogP contribution is -2.14. The second-order valence-corrected chi connectivity index (χ2v) is 5.80. The largest absolute Gasteiger partial charge is 0.382 e. The van der Waals surface area contributed by atoms with Crippen LogP contribution < -0.4 is 5.32 Å². The van der Waals surface area contributed by atoms with Crippen molar-refractivity contribution in [3.05, 3.63) is 60.1 Å².